The maximum Gasteiger partial charge on any atom is 0.0249 e. The van der Waals surface area contributed by atoms with Crippen LogP contribution >= 0.6 is 0 Å². The molecular formula is C19H22. The molecule has 2 rings (SSSR count). The first-order valence-electron chi connectivity index (χ1n) is 7.03. The fourth-order valence-corrected chi connectivity index (χ4v) is 2.41. The second kappa shape index (κ2) is 5.93. The van der Waals surface area contributed by atoms with Crippen molar-refractivity contribution in [1.82, 2.24) is 0 Å². The van der Waals surface area contributed by atoms with Crippen molar-refractivity contribution in [3.63, 3.8) is 0 Å². The van der Waals surface area contributed by atoms with Crippen molar-refractivity contribution >= 4 is 0 Å². The number of hydrogen-bond acceptors (Lipinski definition) is 0. The second-order valence-electron chi connectivity index (χ2n) is 5.90. The molecule has 1 aromatic rings. The van der Waals surface area contributed by atoms with Gasteiger partial charge in [-0.05, 0) is 55.4 Å². The summed E-state index contributed by atoms with van der Waals surface area (Å²) >= 11 is 0. The van der Waals surface area contributed by atoms with Crippen LogP contribution in [0, 0.1) is 24.2 Å². The van der Waals surface area contributed by atoms with Gasteiger partial charge in [0.15, 0.2) is 0 Å². The average molecular weight is 250 g/mol. The highest BCUT2D eigenvalue weighted by Gasteiger charge is 2.23. The van der Waals surface area contributed by atoms with Gasteiger partial charge in [0, 0.05) is 5.56 Å². The van der Waals surface area contributed by atoms with Gasteiger partial charge in [-0.2, -0.15) is 0 Å². The van der Waals surface area contributed by atoms with E-state index in [9.17, 15) is 0 Å². The summed E-state index contributed by atoms with van der Waals surface area (Å²) in [6.07, 6.45) is 10.3. The van der Waals surface area contributed by atoms with Crippen LogP contribution in [0.15, 0.2) is 48.1 Å². The minimum atomic E-state index is 0.306. The molecule has 0 nitrogen and oxygen atoms in total. The van der Waals surface area contributed by atoms with Gasteiger partial charge in [-0.25, -0.2) is 0 Å². The van der Waals surface area contributed by atoms with Gasteiger partial charge < -0.3 is 0 Å². The zero-order valence-corrected chi connectivity index (χ0v) is 12.2. The van der Waals surface area contributed by atoms with Gasteiger partial charge in [0.1, 0.15) is 0 Å². The first-order chi connectivity index (χ1) is 9.08. The number of hydrogen-bond donors (Lipinski definition) is 0. The third-order valence-corrected chi connectivity index (χ3v) is 3.77. The highest BCUT2D eigenvalue weighted by atomic mass is 14.3. The van der Waals surface area contributed by atoms with Crippen LogP contribution in [0.1, 0.15) is 44.2 Å². The first kappa shape index (κ1) is 13.7. The van der Waals surface area contributed by atoms with Gasteiger partial charge in [0.25, 0.3) is 0 Å². The first-order valence-corrected chi connectivity index (χ1v) is 7.03. The fraction of sp³-hybridized carbons (Fsp3) is 0.368. The summed E-state index contributed by atoms with van der Waals surface area (Å²) in [7, 11) is 0. The van der Waals surface area contributed by atoms with Gasteiger partial charge in [-0.3, -0.25) is 0 Å². The summed E-state index contributed by atoms with van der Waals surface area (Å²) in [5.74, 6) is 6.31. The summed E-state index contributed by atoms with van der Waals surface area (Å²) in [6.45, 7) is 6.72. The molecule has 0 bridgehead atoms. The summed E-state index contributed by atoms with van der Waals surface area (Å²) in [5.41, 5.74) is 4.08. The number of aryl methyl sites for hydroxylation is 1. The molecule has 1 aliphatic rings. The van der Waals surface area contributed by atoms with Crippen LogP contribution in [-0.2, 0) is 0 Å². The van der Waals surface area contributed by atoms with Gasteiger partial charge in [0.05, 0.1) is 0 Å². The summed E-state index contributed by atoms with van der Waals surface area (Å²) in [6, 6.07) is 8.33. The third kappa shape index (κ3) is 3.86. The standard InChI is InChI=1S/C19H22/c1-16-11-13-17(14-12-16)8-4-5-9-18-10-6-7-15-19(18,2)3/h5,9-14H,6-7,15H2,1-3H3/b9-5+. The molecule has 98 valence electrons. The molecule has 0 heterocycles. The Balaban J connectivity index is 2.04. The molecule has 0 fully saturated rings. The maximum atomic E-state index is 3.17. The van der Waals surface area contributed by atoms with Crippen molar-refractivity contribution in [2.45, 2.75) is 40.0 Å². The van der Waals surface area contributed by atoms with E-state index >= 15 is 0 Å². The molecule has 0 heteroatoms. The molecule has 0 spiro atoms. The molecule has 0 aliphatic heterocycles. The van der Waals surface area contributed by atoms with Crippen molar-refractivity contribution in [2.75, 3.05) is 0 Å². The van der Waals surface area contributed by atoms with Crippen LogP contribution in [0.5, 0.6) is 0 Å². The quantitative estimate of drug-likeness (QED) is 0.613. The second-order valence-corrected chi connectivity index (χ2v) is 5.90. The Hall–Kier alpha value is -1.74. The van der Waals surface area contributed by atoms with E-state index in [4.69, 9.17) is 0 Å². The molecule has 0 atom stereocenters. The van der Waals surface area contributed by atoms with Crippen molar-refractivity contribution < 1.29 is 0 Å². The molecule has 0 unspecified atom stereocenters. The lowest BCUT2D eigenvalue weighted by Crippen LogP contribution is -2.16. The summed E-state index contributed by atoms with van der Waals surface area (Å²) in [5, 5.41) is 0. The van der Waals surface area contributed by atoms with Crippen LogP contribution in [0.4, 0.5) is 0 Å². The normalized spacial score (nSPS) is 17.7. The highest BCUT2D eigenvalue weighted by Crippen LogP contribution is 2.36. The molecule has 0 N–H and O–H groups in total. The lowest BCUT2D eigenvalue weighted by Gasteiger charge is -2.29. The monoisotopic (exact) mass is 250 g/mol. The SMILES string of the molecule is Cc1ccc(C#C/C=C/C2=CCCCC2(C)C)cc1. The highest BCUT2D eigenvalue weighted by molar-refractivity contribution is 5.40. The van der Waals surface area contributed by atoms with E-state index in [1.54, 1.807) is 0 Å². The molecule has 1 aromatic carbocycles. The van der Waals surface area contributed by atoms with Crippen LogP contribution in [0.25, 0.3) is 0 Å². The van der Waals surface area contributed by atoms with Crippen molar-refractivity contribution in [3.8, 4) is 11.8 Å². The predicted octanol–water partition coefficient (Wildman–Crippen LogP) is 5.04. The topological polar surface area (TPSA) is 0 Å². The van der Waals surface area contributed by atoms with E-state index in [0.717, 1.165) is 5.56 Å². The van der Waals surface area contributed by atoms with Gasteiger partial charge in [-0.1, -0.05) is 55.5 Å². The lowest BCUT2D eigenvalue weighted by molar-refractivity contribution is 0.385. The average Bonchev–Trinajstić information content (AvgIpc) is 2.38. The van der Waals surface area contributed by atoms with E-state index in [1.165, 1.54) is 30.4 Å². The largest absolute Gasteiger partial charge is 0.0807 e. The Morgan fingerprint density at radius 1 is 1.16 bits per heavy atom. The van der Waals surface area contributed by atoms with E-state index in [0.29, 0.717) is 5.41 Å². The molecule has 0 saturated heterocycles. The molecule has 0 saturated carbocycles. The van der Waals surface area contributed by atoms with Crippen molar-refractivity contribution in [2.24, 2.45) is 5.41 Å². The zero-order chi connectivity index (χ0) is 13.7. The third-order valence-electron chi connectivity index (χ3n) is 3.77. The van der Waals surface area contributed by atoms with E-state index < -0.39 is 0 Å². The molecular weight excluding hydrogens is 228 g/mol. The van der Waals surface area contributed by atoms with Crippen LogP contribution in [0.3, 0.4) is 0 Å². The number of rotatable bonds is 1. The predicted molar refractivity (Wildman–Crippen MR) is 82.9 cm³/mol. The van der Waals surface area contributed by atoms with E-state index in [1.807, 2.05) is 6.08 Å². The molecule has 1 aliphatic carbocycles. The fourth-order valence-electron chi connectivity index (χ4n) is 2.41. The Morgan fingerprint density at radius 3 is 2.58 bits per heavy atom. The van der Waals surface area contributed by atoms with Crippen LogP contribution in [0.2, 0.25) is 0 Å². The van der Waals surface area contributed by atoms with E-state index in [2.05, 4.69) is 69.0 Å². The summed E-state index contributed by atoms with van der Waals surface area (Å²) in [4.78, 5) is 0. The van der Waals surface area contributed by atoms with Crippen molar-refractivity contribution in [3.05, 3.63) is 59.2 Å². The van der Waals surface area contributed by atoms with E-state index in [-0.39, 0.29) is 0 Å². The lowest BCUT2D eigenvalue weighted by atomic mass is 9.75. The molecule has 0 radical (unpaired) electrons. The van der Waals surface area contributed by atoms with Gasteiger partial charge >= 0.3 is 0 Å². The summed E-state index contributed by atoms with van der Waals surface area (Å²) < 4.78 is 0. The molecule has 0 aromatic heterocycles. The van der Waals surface area contributed by atoms with Gasteiger partial charge in [0.2, 0.25) is 0 Å². The minimum Gasteiger partial charge on any atom is -0.0807 e. The minimum absolute atomic E-state index is 0.306. The molecule has 0 amide bonds. The van der Waals surface area contributed by atoms with Crippen molar-refractivity contribution in [1.29, 1.82) is 0 Å². The Kier molecular flexibility index (Phi) is 4.27. The Morgan fingerprint density at radius 2 is 1.89 bits per heavy atom. The van der Waals surface area contributed by atoms with Crippen LogP contribution < -0.4 is 0 Å². The number of allylic oxidation sites excluding steroid dienone is 4. The zero-order valence-electron chi connectivity index (χ0n) is 12.2. The smallest absolute Gasteiger partial charge is 0.0249 e. The van der Waals surface area contributed by atoms with Crippen LogP contribution in [-0.4, -0.2) is 0 Å². The number of benzene rings is 1. The maximum absolute atomic E-state index is 3.17. The molecule has 19 heavy (non-hydrogen) atoms. The Labute approximate surface area is 117 Å². The Bertz CT molecular complexity index is 542. The van der Waals surface area contributed by atoms with Gasteiger partial charge in [-0.15, -0.1) is 0 Å².